The molecule has 0 radical (unpaired) electrons. The van der Waals surface area contributed by atoms with Gasteiger partial charge in [0.05, 0.1) is 0 Å². The summed E-state index contributed by atoms with van der Waals surface area (Å²) >= 11 is 3.43. The molecule has 1 aliphatic carbocycles. The summed E-state index contributed by atoms with van der Waals surface area (Å²) in [6.45, 7) is 0. The Morgan fingerprint density at radius 2 is 1.92 bits per heavy atom. The van der Waals surface area contributed by atoms with Gasteiger partial charge in [-0.05, 0) is 55.3 Å². The van der Waals surface area contributed by atoms with Crippen molar-refractivity contribution in [1.29, 1.82) is 5.26 Å². The van der Waals surface area contributed by atoms with Gasteiger partial charge in [0, 0.05) is 28.1 Å². The molecule has 1 saturated carbocycles. The van der Waals surface area contributed by atoms with E-state index < -0.39 is 0 Å². The third-order valence-corrected chi connectivity index (χ3v) is 5.01. The Labute approximate surface area is 156 Å². The number of aromatic nitrogens is 1. The highest BCUT2D eigenvalue weighted by Crippen LogP contribution is 2.20. The van der Waals surface area contributed by atoms with Crippen LogP contribution in [0.2, 0.25) is 0 Å². The monoisotopic (exact) mass is 397 g/mol. The Kier molecular flexibility index (Phi) is 5.72. The molecule has 0 atom stereocenters. The van der Waals surface area contributed by atoms with Crippen molar-refractivity contribution in [2.24, 2.45) is 0 Å². The van der Waals surface area contributed by atoms with Crippen LogP contribution in [-0.2, 0) is 4.79 Å². The summed E-state index contributed by atoms with van der Waals surface area (Å²) in [6.07, 6.45) is 9.09. The number of nitrogens with zero attached hydrogens (tertiary/aromatic N) is 2. The number of hydrogen-bond acceptors (Lipinski definition) is 2. The zero-order valence-corrected chi connectivity index (χ0v) is 15.5. The summed E-state index contributed by atoms with van der Waals surface area (Å²) in [6, 6.07) is 13.9. The van der Waals surface area contributed by atoms with Crippen molar-refractivity contribution in [2.45, 2.75) is 38.1 Å². The molecule has 3 rings (SSSR count). The topological polar surface area (TPSA) is 57.8 Å². The zero-order valence-electron chi connectivity index (χ0n) is 13.9. The van der Waals surface area contributed by atoms with Crippen LogP contribution in [0.3, 0.4) is 0 Å². The number of nitriles is 1. The van der Waals surface area contributed by atoms with Crippen molar-refractivity contribution in [2.75, 3.05) is 0 Å². The standard InChI is InChI=1S/C20H20BrN3O/c21-16-8-10-18(11-9-16)24-12-4-7-19(24)13-15(14-22)20(25)23-17-5-2-1-3-6-17/h4,7-13,17H,1-3,5-6H2,(H,23,25)/b15-13-. The fraction of sp³-hybridized carbons (Fsp3) is 0.300. The quantitative estimate of drug-likeness (QED) is 0.605. The van der Waals surface area contributed by atoms with Crippen LogP contribution in [0.1, 0.15) is 37.8 Å². The molecule has 25 heavy (non-hydrogen) atoms. The van der Waals surface area contributed by atoms with Gasteiger partial charge in [-0.2, -0.15) is 5.26 Å². The predicted molar refractivity (Wildman–Crippen MR) is 102 cm³/mol. The van der Waals surface area contributed by atoms with Crippen LogP contribution < -0.4 is 5.32 Å². The Balaban J connectivity index is 1.81. The average Bonchev–Trinajstić information content (AvgIpc) is 3.09. The van der Waals surface area contributed by atoms with Crippen molar-refractivity contribution in [3.05, 3.63) is 58.3 Å². The molecule has 0 unspecified atom stereocenters. The maximum absolute atomic E-state index is 12.4. The van der Waals surface area contributed by atoms with Crippen molar-refractivity contribution in [1.82, 2.24) is 9.88 Å². The molecule has 5 heteroatoms. The van der Waals surface area contributed by atoms with Crippen molar-refractivity contribution in [3.63, 3.8) is 0 Å². The van der Waals surface area contributed by atoms with Crippen LogP contribution in [0, 0.1) is 11.3 Å². The summed E-state index contributed by atoms with van der Waals surface area (Å²) in [5.74, 6) is -0.280. The van der Waals surface area contributed by atoms with Crippen LogP contribution in [-0.4, -0.2) is 16.5 Å². The Morgan fingerprint density at radius 1 is 1.20 bits per heavy atom. The summed E-state index contributed by atoms with van der Waals surface area (Å²) < 4.78 is 2.96. The lowest BCUT2D eigenvalue weighted by atomic mass is 9.95. The number of carbonyl (C=O) groups excluding carboxylic acids is 1. The van der Waals surface area contributed by atoms with Crippen molar-refractivity contribution in [3.8, 4) is 11.8 Å². The lowest BCUT2D eigenvalue weighted by Crippen LogP contribution is -2.36. The largest absolute Gasteiger partial charge is 0.349 e. The molecule has 4 nitrogen and oxygen atoms in total. The average molecular weight is 398 g/mol. The molecule has 0 aliphatic heterocycles. The third kappa shape index (κ3) is 4.40. The fourth-order valence-corrected chi connectivity index (χ4v) is 3.42. The maximum Gasteiger partial charge on any atom is 0.262 e. The molecule has 1 amide bonds. The van der Waals surface area contributed by atoms with E-state index in [9.17, 15) is 10.1 Å². The van der Waals surface area contributed by atoms with E-state index in [4.69, 9.17) is 0 Å². The number of carbonyl (C=O) groups is 1. The Bertz CT molecular complexity index is 808. The van der Waals surface area contributed by atoms with Crippen LogP contribution in [0.15, 0.2) is 52.6 Å². The second kappa shape index (κ2) is 8.17. The van der Waals surface area contributed by atoms with E-state index in [1.165, 1.54) is 6.42 Å². The highest BCUT2D eigenvalue weighted by molar-refractivity contribution is 9.10. The first-order valence-electron chi connectivity index (χ1n) is 8.53. The second-order valence-corrected chi connectivity index (χ2v) is 7.17. The number of amides is 1. The minimum absolute atomic E-state index is 0.141. The maximum atomic E-state index is 12.4. The van der Waals surface area contributed by atoms with E-state index in [0.29, 0.717) is 0 Å². The normalized spacial score (nSPS) is 15.6. The van der Waals surface area contributed by atoms with Gasteiger partial charge in [0.2, 0.25) is 0 Å². The number of benzene rings is 1. The molecule has 0 bridgehead atoms. The first-order valence-corrected chi connectivity index (χ1v) is 9.32. The van der Waals surface area contributed by atoms with E-state index in [1.54, 1.807) is 6.08 Å². The molecule has 1 fully saturated rings. The number of halogens is 1. The van der Waals surface area contributed by atoms with Gasteiger partial charge in [-0.15, -0.1) is 0 Å². The second-order valence-electron chi connectivity index (χ2n) is 6.26. The summed E-state index contributed by atoms with van der Waals surface area (Å²) in [5, 5.41) is 12.4. The van der Waals surface area contributed by atoms with Crippen molar-refractivity contribution >= 4 is 27.9 Å². The number of hydrogen-bond donors (Lipinski definition) is 1. The fourth-order valence-electron chi connectivity index (χ4n) is 3.16. The van der Waals surface area contributed by atoms with Crippen LogP contribution in [0.4, 0.5) is 0 Å². The Morgan fingerprint density at radius 3 is 2.60 bits per heavy atom. The molecule has 0 saturated heterocycles. The smallest absolute Gasteiger partial charge is 0.262 e. The van der Waals surface area contributed by atoms with Gasteiger partial charge < -0.3 is 9.88 Å². The van der Waals surface area contributed by atoms with Gasteiger partial charge in [-0.25, -0.2) is 0 Å². The van der Waals surface area contributed by atoms with E-state index in [-0.39, 0.29) is 17.5 Å². The molecular formula is C20H20BrN3O. The summed E-state index contributed by atoms with van der Waals surface area (Å²) in [5.41, 5.74) is 1.92. The van der Waals surface area contributed by atoms with Crippen LogP contribution >= 0.6 is 15.9 Å². The van der Waals surface area contributed by atoms with E-state index in [1.807, 2.05) is 53.2 Å². The molecule has 1 N–H and O–H groups in total. The van der Waals surface area contributed by atoms with Gasteiger partial charge in [0.15, 0.2) is 0 Å². The van der Waals surface area contributed by atoms with E-state index >= 15 is 0 Å². The van der Waals surface area contributed by atoms with Crippen LogP contribution in [0.5, 0.6) is 0 Å². The molecule has 1 aromatic heterocycles. The molecule has 2 aromatic rings. The number of nitrogens with one attached hydrogen (secondary N) is 1. The summed E-state index contributed by atoms with van der Waals surface area (Å²) in [7, 11) is 0. The van der Waals surface area contributed by atoms with Gasteiger partial charge in [-0.3, -0.25) is 4.79 Å². The predicted octanol–water partition coefficient (Wildman–Crippen LogP) is 4.60. The highest BCUT2D eigenvalue weighted by Gasteiger charge is 2.18. The lowest BCUT2D eigenvalue weighted by Gasteiger charge is -2.22. The van der Waals surface area contributed by atoms with Crippen molar-refractivity contribution < 1.29 is 4.79 Å². The minimum atomic E-state index is -0.280. The molecule has 1 heterocycles. The third-order valence-electron chi connectivity index (χ3n) is 4.48. The minimum Gasteiger partial charge on any atom is -0.349 e. The van der Waals surface area contributed by atoms with Gasteiger partial charge in [-0.1, -0.05) is 35.2 Å². The molecule has 1 aliphatic rings. The first kappa shape index (κ1) is 17.5. The molecule has 128 valence electrons. The SMILES string of the molecule is N#C/C(=C/c1cccn1-c1ccc(Br)cc1)C(=O)NC1CCCCC1. The van der Waals surface area contributed by atoms with Crippen LogP contribution in [0.25, 0.3) is 11.8 Å². The zero-order chi connectivity index (χ0) is 17.6. The molecule has 0 spiro atoms. The molecular weight excluding hydrogens is 378 g/mol. The number of rotatable bonds is 4. The highest BCUT2D eigenvalue weighted by atomic mass is 79.9. The van der Waals surface area contributed by atoms with E-state index in [0.717, 1.165) is 41.5 Å². The first-order chi connectivity index (χ1) is 12.2. The van der Waals surface area contributed by atoms with Gasteiger partial charge in [0.1, 0.15) is 11.6 Å². The summed E-state index contributed by atoms with van der Waals surface area (Å²) in [4.78, 5) is 12.4. The molecule has 1 aromatic carbocycles. The van der Waals surface area contributed by atoms with E-state index in [2.05, 4.69) is 21.2 Å². The van der Waals surface area contributed by atoms with Gasteiger partial charge in [0.25, 0.3) is 5.91 Å². The van der Waals surface area contributed by atoms with Gasteiger partial charge >= 0.3 is 0 Å². The lowest BCUT2D eigenvalue weighted by molar-refractivity contribution is -0.117. The Hall–Kier alpha value is -2.32.